The molecule has 268 valence electrons. The normalized spacial score (nSPS) is 25.0. The van der Waals surface area contributed by atoms with Gasteiger partial charge < -0.3 is 36.4 Å². The van der Waals surface area contributed by atoms with E-state index < -0.39 is 60.6 Å². The van der Waals surface area contributed by atoms with Crippen LogP contribution in [0.1, 0.15) is 42.1 Å². The van der Waals surface area contributed by atoms with E-state index in [4.69, 9.17) is 16.3 Å². The first-order valence-electron chi connectivity index (χ1n) is 16.1. The molecule has 2 bridgehead atoms. The fourth-order valence-corrected chi connectivity index (χ4v) is 7.45. The number of halogens is 4. The highest BCUT2D eigenvalue weighted by atomic mass is 35.5. The van der Waals surface area contributed by atoms with E-state index in [2.05, 4.69) is 48.5 Å². The molecule has 0 radical (unpaired) electrons. The van der Waals surface area contributed by atoms with E-state index in [1.165, 1.54) is 24.3 Å². The lowest BCUT2D eigenvalue weighted by molar-refractivity contribution is -0.154. The van der Waals surface area contributed by atoms with Crippen LogP contribution in [0.2, 0.25) is 5.02 Å². The maximum absolute atomic E-state index is 12.9. The predicted octanol–water partition coefficient (Wildman–Crippen LogP) is 3.38. The molecule has 5 aliphatic rings. The third-order valence-corrected chi connectivity index (χ3v) is 10.5. The molecule has 0 aliphatic heterocycles. The smallest absolute Gasteiger partial charge is 0.422 e. The van der Waals surface area contributed by atoms with E-state index in [1.54, 1.807) is 12.1 Å². The van der Waals surface area contributed by atoms with Crippen molar-refractivity contribution in [2.24, 2.45) is 23.2 Å². The van der Waals surface area contributed by atoms with Crippen LogP contribution in [0.15, 0.2) is 48.5 Å². The molecule has 0 saturated heterocycles. The van der Waals surface area contributed by atoms with Crippen molar-refractivity contribution in [2.45, 2.75) is 50.0 Å². The molecule has 14 nitrogen and oxygen atoms in total. The van der Waals surface area contributed by atoms with Gasteiger partial charge in [0.25, 0.3) is 5.91 Å². The van der Waals surface area contributed by atoms with E-state index in [0.717, 1.165) is 12.0 Å². The minimum absolute atomic E-state index is 0.0391. The number of hydrogen-bond acceptors (Lipinski definition) is 10. The Balaban J connectivity index is 0.968. The fraction of sp³-hybridized carbons (Fsp3) is 0.424. The Labute approximate surface area is 293 Å². The van der Waals surface area contributed by atoms with E-state index >= 15 is 0 Å². The van der Waals surface area contributed by atoms with Crippen molar-refractivity contribution in [2.75, 3.05) is 23.8 Å². The third kappa shape index (κ3) is 7.07. The molecule has 1 aromatic heterocycles. The molecule has 18 heteroatoms. The number of aromatic nitrogens is 3. The molecule has 1 heterocycles. The molecular formula is C33H32ClF3N8O6. The van der Waals surface area contributed by atoms with E-state index in [9.17, 15) is 37.5 Å². The highest BCUT2D eigenvalue weighted by Crippen LogP contribution is 2.89. The second-order valence-corrected chi connectivity index (χ2v) is 13.9. The number of carboxylic acid groups (broad SMARTS) is 1. The monoisotopic (exact) mass is 728 g/mol. The van der Waals surface area contributed by atoms with Crippen molar-refractivity contribution >= 4 is 52.9 Å². The Kier molecular flexibility index (Phi) is 8.43. The molecule has 3 aromatic rings. The third-order valence-electron chi connectivity index (χ3n) is 10.2. The minimum Gasteiger partial charge on any atom is -0.480 e. The number of carbonyl (C=O) groups excluding carboxylic acids is 3. The summed E-state index contributed by atoms with van der Waals surface area (Å²) in [5, 5.41) is 23.5. The van der Waals surface area contributed by atoms with Gasteiger partial charge >= 0.3 is 30.0 Å². The number of nitrogens with zero attached hydrogens (tertiary/aromatic N) is 3. The second-order valence-electron chi connectivity index (χ2n) is 13.5. The van der Waals surface area contributed by atoms with Crippen LogP contribution in [-0.4, -0.2) is 75.2 Å². The summed E-state index contributed by atoms with van der Waals surface area (Å²) in [5.41, 5.74) is 0.764. The van der Waals surface area contributed by atoms with Crippen LogP contribution in [0.5, 0.6) is 6.01 Å². The quantitative estimate of drug-likeness (QED) is 0.141. The summed E-state index contributed by atoms with van der Waals surface area (Å²) in [5.74, 6) is -2.36. The minimum atomic E-state index is -4.64. The van der Waals surface area contributed by atoms with Crippen LogP contribution >= 0.6 is 11.6 Å². The molecule has 6 N–H and O–H groups in total. The summed E-state index contributed by atoms with van der Waals surface area (Å²) >= 11 is 6.01. The zero-order valence-corrected chi connectivity index (χ0v) is 27.6. The van der Waals surface area contributed by atoms with Gasteiger partial charge in [0.2, 0.25) is 11.9 Å². The number of fused-ring (bicyclic) bond motifs is 1. The first-order valence-corrected chi connectivity index (χ1v) is 16.5. The largest absolute Gasteiger partial charge is 0.480 e. The number of amides is 3. The maximum atomic E-state index is 12.9. The molecule has 0 spiro atoms. The summed E-state index contributed by atoms with van der Waals surface area (Å²) < 4.78 is 43.6. The van der Waals surface area contributed by atoms with Gasteiger partial charge in [0.15, 0.2) is 6.61 Å². The lowest BCUT2D eigenvalue weighted by Crippen LogP contribution is -2.52. The fourth-order valence-electron chi connectivity index (χ4n) is 7.33. The number of rotatable bonds is 13. The highest BCUT2D eigenvalue weighted by Gasteiger charge is 2.88. The molecule has 2 unspecified atom stereocenters. The summed E-state index contributed by atoms with van der Waals surface area (Å²) in [6, 6.07) is 10.5. The van der Waals surface area contributed by atoms with Crippen molar-refractivity contribution in [3.63, 3.8) is 0 Å². The SMILES string of the molecule is CC12C3C(C[C@H]1NC(=O)C(=O)NC[C@H](NC(=O)c1ccc(Nc4nc(NC5(c6ccc(Cl)cc6)CC5)nc(OCC(F)(F)F)n4)cc1)C(=O)O)C32. The van der Waals surface area contributed by atoms with E-state index in [0.29, 0.717) is 41.3 Å². The van der Waals surface area contributed by atoms with Crippen molar-refractivity contribution in [3.8, 4) is 6.01 Å². The van der Waals surface area contributed by atoms with Gasteiger partial charge in [-0.15, -0.1) is 0 Å². The Morgan fingerprint density at radius 1 is 0.980 bits per heavy atom. The predicted molar refractivity (Wildman–Crippen MR) is 174 cm³/mol. The van der Waals surface area contributed by atoms with Gasteiger partial charge in [0, 0.05) is 28.9 Å². The Bertz CT molecular complexity index is 1880. The van der Waals surface area contributed by atoms with Crippen LogP contribution in [0.4, 0.5) is 30.8 Å². The first-order chi connectivity index (χ1) is 24.1. The number of carbonyl (C=O) groups is 4. The van der Waals surface area contributed by atoms with Crippen molar-refractivity contribution in [1.82, 2.24) is 30.9 Å². The van der Waals surface area contributed by atoms with Crippen LogP contribution in [-0.2, 0) is 19.9 Å². The Morgan fingerprint density at radius 2 is 1.65 bits per heavy atom. The number of ether oxygens (including phenoxy) is 1. The standard InChI is InChI=1S/C33H32ClF3N8O6/c1-31-21(12-19-22(31)23(19)31)41-26(48)25(47)38-13-20(27(49)50)40-24(46)15-2-8-18(9-3-15)39-28-42-29(44-30(43-28)51-14-33(35,36)37)45-32(10-11-32)16-4-6-17(34)7-5-16/h2-9,19-23H,10-14H2,1H3,(H,38,47)(H,40,46)(H,41,48)(H,49,50)(H2,39,42,43,44,45)/t19?,20-,21+,22?,23?,31?/m0/s1. The average Bonchev–Trinajstić information content (AvgIpc) is 4.03. The zero-order valence-electron chi connectivity index (χ0n) is 26.9. The van der Waals surface area contributed by atoms with Crippen molar-refractivity contribution in [3.05, 3.63) is 64.7 Å². The Morgan fingerprint density at radius 3 is 2.24 bits per heavy atom. The number of nitrogens with one attached hydrogen (secondary N) is 5. The van der Waals surface area contributed by atoms with Gasteiger partial charge in [0.1, 0.15) is 6.04 Å². The van der Waals surface area contributed by atoms with E-state index in [1.807, 2.05) is 12.1 Å². The average molecular weight is 729 g/mol. The summed E-state index contributed by atoms with van der Waals surface area (Å²) in [6.45, 7) is -0.0662. The van der Waals surface area contributed by atoms with Crippen LogP contribution in [0.3, 0.4) is 0 Å². The van der Waals surface area contributed by atoms with Crippen LogP contribution in [0, 0.1) is 23.2 Å². The Hall–Kier alpha value is -5.19. The van der Waals surface area contributed by atoms with Gasteiger partial charge in [-0.25, -0.2) is 4.79 Å². The molecular weight excluding hydrogens is 697 g/mol. The lowest BCUT2D eigenvalue weighted by atomic mass is 9.97. The summed E-state index contributed by atoms with van der Waals surface area (Å²) in [7, 11) is 0. The van der Waals surface area contributed by atoms with E-state index in [-0.39, 0.29) is 28.9 Å². The topological polar surface area (TPSA) is 197 Å². The number of carboxylic acids is 1. The van der Waals surface area contributed by atoms with Crippen molar-refractivity contribution in [1.29, 1.82) is 0 Å². The molecule has 8 rings (SSSR count). The molecule has 5 saturated carbocycles. The molecule has 51 heavy (non-hydrogen) atoms. The van der Waals surface area contributed by atoms with Crippen LogP contribution in [0.25, 0.3) is 0 Å². The molecule has 5 aliphatic carbocycles. The maximum Gasteiger partial charge on any atom is 0.422 e. The van der Waals surface area contributed by atoms with Gasteiger partial charge in [-0.1, -0.05) is 30.7 Å². The molecule has 5 fully saturated rings. The number of benzene rings is 2. The van der Waals surface area contributed by atoms with Crippen molar-refractivity contribution < 1.29 is 42.2 Å². The van der Waals surface area contributed by atoms with Gasteiger partial charge in [-0.3, -0.25) is 14.4 Å². The van der Waals surface area contributed by atoms with Gasteiger partial charge in [-0.05, 0) is 84.4 Å². The number of anilines is 3. The number of hydrogen-bond donors (Lipinski definition) is 6. The van der Waals surface area contributed by atoms with Gasteiger partial charge in [-0.2, -0.15) is 28.1 Å². The van der Waals surface area contributed by atoms with Crippen LogP contribution < -0.4 is 31.3 Å². The van der Waals surface area contributed by atoms with Gasteiger partial charge in [0.05, 0.1) is 5.54 Å². The number of alkyl halides is 3. The first kappa shape index (κ1) is 34.3. The number of aliphatic carboxylic acids is 1. The summed E-state index contributed by atoms with van der Waals surface area (Å²) in [4.78, 5) is 61.8. The highest BCUT2D eigenvalue weighted by molar-refractivity contribution is 6.35. The lowest BCUT2D eigenvalue weighted by Gasteiger charge is -2.20. The molecule has 3 amide bonds. The second kappa shape index (κ2) is 12.5. The summed E-state index contributed by atoms with van der Waals surface area (Å²) in [6.07, 6.45) is -2.39. The molecule has 4 atom stereocenters. The molecule has 2 aromatic carbocycles. The zero-order chi connectivity index (χ0) is 36.3.